The summed E-state index contributed by atoms with van der Waals surface area (Å²) in [6.07, 6.45) is 3.32. The SMILES string of the molecule is CC1(N)CCN(c2cnc(Sc3cccc(NCc4cc(F)c5c(c4)C(=O)N(C4CCC(=O)NC4=O)C5=O)c3Cl)c(N)n2)CC1. The monoisotopic (exact) mass is 652 g/mol. The van der Waals surface area contributed by atoms with E-state index in [4.69, 9.17) is 23.1 Å². The summed E-state index contributed by atoms with van der Waals surface area (Å²) in [5.74, 6) is -2.87. The summed E-state index contributed by atoms with van der Waals surface area (Å²) in [6, 6.07) is 6.73. The van der Waals surface area contributed by atoms with Crippen LogP contribution < -0.4 is 27.0 Å². The molecule has 2 saturated heterocycles. The Hall–Kier alpha value is -4.27. The van der Waals surface area contributed by atoms with Crippen LogP contribution in [0.2, 0.25) is 5.02 Å². The second-order valence-electron chi connectivity index (χ2n) is 11.6. The lowest BCUT2D eigenvalue weighted by atomic mass is 9.91. The standard InChI is InChI=1S/C30H30ClFN8O4S/c1-30(34)7-9-39(10-8-30)21-14-36-27(25(33)37-21)45-20-4-2-3-18(24(20)31)35-13-15-11-16-23(17(32)12-15)29(44)40(28(16)43)19-5-6-22(41)38-26(19)42/h2-4,11-12,14,19,35H,5-10,13,34H2,1H3,(H2,33,37)(H,38,41,42). The number of rotatable bonds is 7. The highest BCUT2D eigenvalue weighted by molar-refractivity contribution is 7.99. The summed E-state index contributed by atoms with van der Waals surface area (Å²) in [7, 11) is 0. The zero-order valence-electron chi connectivity index (χ0n) is 24.2. The van der Waals surface area contributed by atoms with Crippen LogP contribution in [-0.4, -0.2) is 63.2 Å². The van der Waals surface area contributed by atoms with Crippen molar-refractivity contribution in [1.82, 2.24) is 20.2 Å². The second-order valence-corrected chi connectivity index (χ2v) is 13.0. The molecule has 4 heterocycles. The Labute approximate surface area is 267 Å². The summed E-state index contributed by atoms with van der Waals surface area (Å²) in [5, 5.41) is 6.14. The fourth-order valence-electron chi connectivity index (χ4n) is 5.59. The number of imide groups is 2. The molecule has 3 aromatic rings. The number of fused-ring (bicyclic) bond motifs is 1. The van der Waals surface area contributed by atoms with E-state index in [9.17, 15) is 19.2 Å². The lowest BCUT2D eigenvalue weighted by molar-refractivity contribution is -0.136. The first kappa shape index (κ1) is 30.7. The van der Waals surface area contributed by atoms with Gasteiger partial charge in [0.05, 0.1) is 28.0 Å². The van der Waals surface area contributed by atoms with Gasteiger partial charge in [-0.2, -0.15) is 0 Å². The minimum absolute atomic E-state index is 0.0207. The van der Waals surface area contributed by atoms with Crippen molar-refractivity contribution in [3.63, 3.8) is 0 Å². The maximum Gasteiger partial charge on any atom is 0.265 e. The average molecular weight is 653 g/mol. The van der Waals surface area contributed by atoms with E-state index >= 15 is 4.39 Å². The first-order chi connectivity index (χ1) is 21.4. The fourth-order valence-corrected chi connectivity index (χ4v) is 6.71. The quantitative estimate of drug-likeness (QED) is 0.275. The third kappa shape index (κ3) is 6.04. The average Bonchev–Trinajstić information content (AvgIpc) is 3.24. The number of nitrogens with two attached hydrogens (primary N) is 2. The van der Waals surface area contributed by atoms with Gasteiger partial charge in [-0.3, -0.25) is 29.4 Å². The third-order valence-electron chi connectivity index (χ3n) is 8.19. The molecule has 0 aliphatic carbocycles. The zero-order valence-corrected chi connectivity index (χ0v) is 25.8. The summed E-state index contributed by atoms with van der Waals surface area (Å²) >= 11 is 7.97. The van der Waals surface area contributed by atoms with Gasteiger partial charge in [0.15, 0.2) is 5.82 Å². The topological polar surface area (TPSA) is 177 Å². The predicted octanol–water partition coefficient (Wildman–Crippen LogP) is 3.33. The van der Waals surface area contributed by atoms with Crippen molar-refractivity contribution in [2.75, 3.05) is 29.0 Å². The molecule has 0 spiro atoms. The number of nitrogens with zero attached hydrogens (tertiary/aromatic N) is 4. The molecule has 45 heavy (non-hydrogen) atoms. The molecule has 4 amide bonds. The first-order valence-electron chi connectivity index (χ1n) is 14.3. The molecule has 15 heteroatoms. The summed E-state index contributed by atoms with van der Waals surface area (Å²) in [6.45, 7) is 3.66. The largest absolute Gasteiger partial charge is 0.381 e. The number of anilines is 3. The van der Waals surface area contributed by atoms with Gasteiger partial charge in [0.1, 0.15) is 22.7 Å². The van der Waals surface area contributed by atoms with E-state index in [1.165, 1.54) is 17.8 Å². The number of carbonyl (C=O) groups excluding carboxylic acids is 4. The van der Waals surface area contributed by atoms with Gasteiger partial charge >= 0.3 is 0 Å². The number of carbonyl (C=O) groups is 4. The number of benzene rings is 2. The van der Waals surface area contributed by atoms with Crippen LogP contribution in [0.25, 0.3) is 0 Å². The minimum atomic E-state index is -1.18. The molecule has 0 radical (unpaired) electrons. The number of amides is 4. The van der Waals surface area contributed by atoms with E-state index in [0.29, 0.717) is 32.0 Å². The fraction of sp³-hybridized carbons (Fsp3) is 0.333. The number of aromatic nitrogens is 2. The molecule has 12 nitrogen and oxygen atoms in total. The molecule has 3 aliphatic heterocycles. The molecule has 6 N–H and O–H groups in total. The smallest absolute Gasteiger partial charge is 0.265 e. The van der Waals surface area contributed by atoms with Gasteiger partial charge in [-0.25, -0.2) is 14.4 Å². The van der Waals surface area contributed by atoms with Gasteiger partial charge in [0.25, 0.3) is 11.8 Å². The number of halogens is 2. The number of nitrogens with one attached hydrogen (secondary N) is 2. The Morgan fingerprint density at radius 2 is 1.93 bits per heavy atom. The zero-order chi connectivity index (χ0) is 32.0. The molecule has 2 aromatic carbocycles. The molecule has 1 atom stereocenters. The van der Waals surface area contributed by atoms with E-state index in [-0.39, 0.29) is 36.3 Å². The van der Waals surface area contributed by atoms with Crippen molar-refractivity contribution in [1.29, 1.82) is 0 Å². The molecule has 2 fully saturated rings. The highest BCUT2D eigenvalue weighted by Crippen LogP contribution is 2.39. The molecule has 0 saturated carbocycles. The Kier molecular flexibility index (Phi) is 8.14. The third-order valence-corrected chi connectivity index (χ3v) is 9.77. The first-order valence-corrected chi connectivity index (χ1v) is 15.5. The molecule has 6 rings (SSSR count). The highest BCUT2D eigenvalue weighted by Gasteiger charge is 2.46. The van der Waals surface area contributed by atoms with Crippen LogP contribution in [0.15, 0.2) is 46.5 Å². The van der Waals surface area contributed by atoms with Crippen molar-refractivity contribution < 1.29 is 23.6 Å². The van der Waals surface area contributed by atoms with E-state index in [0.717, 1.165) is 36.9 Å². The second kappa shape index (κ2) is 11.9. The molecule has 3 aliphatic rings. The lowest BCUT2D eigenvalue weighted by Gasteiger charge is -2.37. The normalized spacial score (nSPS) is 19.5. The molecule has 1 unspecified atom stereocenters. The number of nitrogen functional groups attached to an aromatic ring is 1. The van der Waals surface area contributed by atoms with Gasteiger partial charge in [0.2, 0.25) is 11.8 Å². The number of hydrogen-bond acceptors (Lipinski definition) is 11. The maximum absolute atomic E-state index is 15.2. The summed E-state index contributed by atoms with van der Waals surface area (Å²) < 4.78 is 15.2. The summed E-state index contributed by atoms with van der Waals surface area (Å²) in [5.41, 5.74) is 12.7. The highest BCUT2D eigenvalue weighted by atomic mass is 35.5. The Balaban J connectivity index is 1.15. The van der Waals surface area contributed by atoms with Crippen LogP contribution in [-0.2, 0) is 16.1 Å². The molecular weight excluding hydrogens is 623 g/mol. The molecule has 234 valence electrons. The molecular formula is C30H30ClFN8O4S. The van der Waals surface area contributed by atoms with Crippen molar-refractivity contribution in [2.24, 2.45) is 5.73 Å². The van der Waals surface area contributed by atoms with Crippen LogP contribution in [0.1, 0.15) is 58.9 Å². The van der Waals surface area contributed by atoms with Gasteiger partial charge < -0.3 is 21.7 Å². The van der Waals surface area contributed by atoms with Crippen molar-refractivity contribution in [3.8, 4) is 0 Å². The van der Waals surface area contributed by atoms with Gasteiger partial charge in [-0.1, -0.05) is 29.4 Å². The van der Waals surface area contributed by atoms with Crippen LogP contribution in [0.4, 0.5) is 21.7 Å². The van der Waals surface area contributed by atoms with Crippen LogP contribution >= 0.6 is 23.4 Å². The predicted molar refractivity (Wildman–Crippen MR) is 166 cm³/mol. The van der Waals surface area contributed by atoms with Crippen molar-refractivity contribution >= 4 is 64.3 Å². The van der Waals surface area contributed by atoms with Gasteiger partial charge in [-0.15, -0.1) is 0 Å². The summed E-state index contributed by atoms with van der Waals surface area (Å²) in [4.78, 5) is 62.5. The molecule has 1 aromatic heterocycles. The van der Waals surface area contributed by atoms with Gasteiger partial charge in [-0.05, 0) is 56.0 Å². The van der Waals surface area contributed by atoms with E-state index in [1.807, 2.05) is 13.0 Å². The van der Waals surface area contributed by atoms with Crippen LogP contribution in [0, 0.1) is 5.82 Å². The number of piperidine rings is 2. The Bertz CT molecular complexity index is 1750. The molecule has 0 bridgehead atoms. The lowest BCUT2D eigenvalue weighted by Crippen LogP contribution is -2.54. The van der Waals surface area contributed by atoms with E-state index < -0.39 is 41.1 Å². The maximum atomic E-state index is 15.2. The number of hydrogen-bond donors (Lipinski definition) is 4. The van der Waals surface area contributed by atoms with Crippen LogP contribution in [0.5, 0.6) is 0 Å². The Morgan fingerprint density at radius 1 is 1.18 bits per heavy atom. The van der Waals surface area contributed by atoms with Crippen molar-refractivity contribution in [2.45, 2.75) is 60.7 Å². The van der Waals surface area contributed by atoms with Crippen LogP contribution in [0.3, 0.4) is 0 Å². The van der Waals surface area contributed by atoms with Crippen molar-refractivity contribution in [3.05, 3.63) is 64.1 Å². The minimum Gasteiger partial charge on any atom is -0.381 e. The van der Waals surface area contributed by atoms with Gasteiger partial charge in [0, 0.05) is 36.5 Å². The Morgan fingerprint density at radius 3 is 2.64 bits per heavy atom. The van der Waals surface area contributed by atoms with E-state index in [2.05, 4.69) is 25.5 Å². The van der Waals surface area contributed by atoms with E-state index in [1.54, 1.807) is 18.3 Å².